The molecule has 4 saturated heterocycles. The summed E-state index contributed by atoms with van der Waals surface area (Å²) in [5.74, 6) is 3.93. The van der Waals surface area contributed by atoms with Gasteiger partial charge in [0.1, 0.15) is 65.6 Å². The number of amides is 2. The zero-order chi connectivity index (χ0) is 31.8. The van der Waals surface area contributed by atoms with Gasteiger partial charge in [-0.3, -0.25) is 19.4 Å². The first kappa shape index (κ1) is 29.3. The molecule has 0 aliphatic carbocycles. The summed E-state index contributed by atoms with van der Waals surface area (Å²) in [5.41, 5.74) is 0.653. The van der Waals surface area contributed by atoms with Gasteiger partial charge in [0.15, 0.2) is 0 Å². The van der Waals surface area contributed by atoms with Gasteiger partial charge in [0.05, 0.1) is 13.2 Å². The molecule has 4 heterocycles. The van der Waals surface area contributed by atoms with E-state index in [2.05, 4.69) is 0 Å². The van der Waals surface area contributed by atoms with Crippen molar-refractivity contribution in [3.05, 3.63) is 97.1 Å². The van der Waals surface area contributed by atoms with E-state index in [0.717, 1.165) is 24.6 Å². The summed E-state index contributed by atoms with van der Waals surface area (Å²) >= 11 is 0. The van der Waals surface area contributed by atoms with Gasteiger partial charge in [-0.1, -0.05) is 12.1 Å². The van der Waals surface area contributed by atoms with Crippen LogP contribution < -0.4 is 28.7 Å². The second kappa shape index (κ2) is 12.3. The van der Waals surface area contributed by atoms with E-state index < -0.39 is 5.66 Å². The van der Waals surface area contributed by atoms with Crippen molar-refractivity contribution in [1.82, 2.24) is 0 Å². The van der Waals surface area contributed by atoms with Crippen LogP contribution in [0.2, 0.25) is 0 Å². The molecule has 240 valence electrons. The van der Waals surface area contributed by atoms with Crippen LogP contribution in [0.3, 0.4) is 0 Å². The Morgan fingerprint density at radius 1 is 0.574 bits per heavy atom. The van der Waals surface area contributed by atoms with Crippen molar-refractivity contribution in [1.29, 1.82) is 0 Å². The smallest absolute Gasteiger partial charge is 0.229 e. The molecule has 4 aliphatic rings. The van der Waals surface area contributed by atoms with Gasteiger partial charge in [-0.2, -0.15) is 0 Å². The topological polar surface area (TPSA) is 103 Å². The van der Waals surface area contributed by atoms with Crippen molar-refractivity contribution in [2.45, 2.75) is 43.6 Å². The highest BCUT2D eigenvalue weighted by atomic mass is 16.6. The monoisotopic (exact) mass is 634 g/mol. The Bertz CT molecular complexity index is 1640. The van der Waals surface area contributed by atoms with E-state index >= 15 is 0 Å². The molecule has 0 radical (unpaired) electrons. The lowest BCUT2D eigenvalue weighted by Gasteiger charge is -2.42. The molecule has 4 aliphatic heterocycles. The summed E-state index contributed by atoms with van der Waals surface area (Å²) in [6.45, 7) is 2.50. The molecule has 0 aromatic heterocycles. The summed E-state index contributed by atoms with van der Waals surface area (Å²) in [6.07, 6.45) is 2.15. The Morgan fingerprint density at radius 3 is 1.38 bits per heavy atom. The number of hydrogen-bond acceptors (Lipinski definition) is 8. The van der Waals surface area contributed by atoms with Crippen molar-refractivity contribution >= 4 is 23.2 Å². The maximum Gasteiger partial charge on any atom is 0.229 e. The van der Waals surface area contributed by atoms with E-state index in [9.17, 15) is 9.59 Å². The predicted octanol–water partition coefficient (Wildman–Crippen LogP) is 6.48. The minimum absolute atomic E-state index is 0.0156. The first-order valence-electron chi connectivity index (χ1n) is 15.9. The fourth-order valence-corrected chi connectivity index (χ4v) is 6.30. The van der Waals surface area contributed by atoms with Gasteiger partial charge in [0.2, 0.25) is 11.8 Å². The number of rotatable bonds is 12. The number of ether oxygens (including phenoxy) is 6. The molecule has 10 heteroatoms. The van der Waals surface area contributed by atoms with Gasteiger partial charge in [-0.05, 0) is 85.6 Å². The number of carbonyl (C=O) groups excluding carboxylic acids is 2. The molecule has 2 atom stereocenters. The normalized spacial score (nSPS) is 22.9. The number of hydrogen-bond donors (Lipinski definition) is 0. The third-order valence-electron chi connectivity index (χ3n) is 8.76. The van der Waals surface area contributed by atoms with E-state index in [-0.39, 0.29) is 24.0 Å². The van der Waals surface area contributed by atoms with Gasteiger partial charge < -0.3 is 28.4 Å². The Balaban J connectivity index is 0.974. The number of benzene rings is 4. The van der Waals surface area contributed by atoms with Crippen LogP contribution in [0.15, 0.2) is 97.1 Å². The number of nitrogens with zero attached hydrogens (tertiary/aromatic N) is 2. The summed E-state index contributed by atoms with van der Waals surface area (Å²) < 4.78 is 34.2. The molecule has 4 fully saturated rings. The fourth-order valence-electron chi connectivity index (χ4n) is 6.30. The average molecular weight is 635 g/mol. The first-order valence-corrected chi connectivity index (χ1v) is 15.9. The standard InChI is InChI=1S/C37H34N2O8/c40-35-15-17-37(38(35)25-7-11-27(12-8-25)46-31-5-1-3-29(19-31)42-21-33-23-44-33)18-16-36(41)39(37)26-9-13-28(14-10-26)47-32-6-2-4-30(20-32)43-22-34-24-45-34/h1-14,19-20,33-34H,15-18,21-24H2. The van der Waals surface area contributed by atoms with Gasteiger partial charge in [-0.25, -0.2) is 0 Å². The van der Waals surface area contributed by atoms with Crippen molar-refractivity contribution in [2.24, 2.45) is 0 Å². The van der Waals surface area contributed by atoms with Gasteiger partial charge >= 0.3 is 0 Å². The van der Waals surface area contributed by atoms with Crippen molar-refractivity contribution in [2.75, 3.05) is 36.2 Å². The van der Waals surface area contributed by atoms with Crippen LogP contribution in [0, 0.1) is 0 Å². The summed E-state index contributed by atoms with van der Waals surface area (Å²) in [5, 5.41) is 0. The zero-order valence-electron chi connectivity index (χ0n) is 25.7. The molecule has 0 bridgehead atoms. The van der Waals surface area contributed by atoms with Crippen LogP contribution in [0.5, 0.6) is 34.5 Å². The molecule has 4 aromatic carbocycles. The highest BCUT2D eigenvalue weighted by molar-refractivity contribution is 6.05. The van der Waals surface area contributed by atoms with Crippen molar-refractivity contribution in [3.8, 4) is 34.5 Å². The number of anilines is 2. The third-order valence-corrected chi connectivity index (χ3v) is 8.76. The van der Waals surface area contributed by atoms with Crippen LogP contribution in [-0.4, -0.2) is 56.1 Å². The Labute approximate surface area is 272 Å². The highest BCUT2D eigenvalue weighted by Gasteiger charge is 2.56. The molecule has 10 nitrogen and oxygen atoms in total. The Morgan fingerprint density at radius 2 is 0.979 bits per heavy atom. The van der Waals surface area contributed by atoms with E-state index in [1.165, 1.54) is 0 Å². The molecular formula is C37H34N2O8. The molecule has 1 spiro atoms. The molecule has 2 amide bonds. The van der Waals surface area contributed by atoms with Crippen molar-refractivity contribution in [3.63, 3.8) is 0 Å². The zero-order valence-corrected chi connectivity index (χ0v) is 25.7. The maximum atomic E-state index is 13.4. The summed E-state index contributed by atoms with van der Waals surface area (Å²) in [4.78, 5) is 30.4. The third kappa shape index (κ3) is 6.34. The Kier molecular flexibility index (Phi) is 7.67. The average Bonchev–Trinajstić information content (AvgIpc) is 4.03. The van der Waals surface area contributed by atoms with Gasteiger partial charge in [-0.15, -0.1) is 0 Å². The van der Waals surface area contributed by atoms with E-state index in [1.807, 2.05) is 97.1 Å². The molecule has 0 saturated carbocycles. The molecule has 2 unspecified atom stereocenters. The lowest BCUT2D eigenvalue weighted by Crippen LogP contribution is -2.56. The molecular weight excluding hydrogens is 600 g/mol. The van der Waals surface area contributed by atoms with Crippen LogP contribution in [0.25, 0.3) is 0 Å². The lowest BCUT2D eigenvalue weighted by atomic mass is 10.0. The minimum Gasteiger partial charge on any atom is -0.491 e. The van der Waals surface area contributed by atoms with Gasteiger partial charge in [0, 0.05) is 36.3 Å². The lowest BCUT2D eigenvalue weighted by molar-refractivity contribution is -0.117. The predicted molar refractivity (Wildman–Crippen MR) is 173 cm³/mol. The largest absolute Gasteiger partial charge is 0.491 e. The number of epoxide rings is 2. The molecule has 47 heavy (non-hydrogen) atoms. The molecule has 4 aromatic rings. The van der Waals surface area contributed by atoms with Crippen LogP contribution in [-0.2, 0) is 19.1 Å². The Hall–Kier alpha value is -5.06. The van der Waals surface area contributed by atoms with E-state index in [0.29, 0.717) is 73.4 Å². The van der Waals surface area contributed by atoms with Crippen LogP contribution in [0.1, 0.15) is 25.7 Å². The fraction of sp³-hybridized carbons (Fsp3) is 0.297. The van der Waals surface area contributed by atoms with E-state index in [1.54, 1.807) is 9.80 Å². The van der Waals surface area contributed by atoms with Gasteiger partial charge in [0.25, 0.3) is 0 Å². The maximum absolute atomic E-state index is 13.4. The summed E-state index contributed by atoms with van der Waals surface area (Å²) in [6, 6.07) is 29.8. The summed E-state index contributed by atoms with van der Waals surface area (Å²) in [7, 11) is 0. The second-order valence-electron chi connectivity index (χ2n) is 12.1. The van der Waals surface area contributed by atoms with Crippen LogP contribution in [0.4, 0.5) is 11.4 Å². The highest BCUT2D eigenvalue weighted by Crippen LogP contribution is 2.47. The van der Waals surface area contributed by atoms with Crippen molar-refractivity contribution < 1.29 is 38.0 Å². The quantitative estimate of drug-likeness (QED) is 0.163. The number of carbonyl (C=O) groups is 2. The molecule has 8 rings (SSSR count). The first-order chi connectivity index (χ1) is 23.0. The van der Waals surface area contributed by atoms with Crippen LogP contribution >= 0.6 is 0 Å². The minimum atomic E-state index is -0.785. The molecule has 0 N–H and O–H groups in total. The second-order valence-corrected chi connectivity index (χ2v) is 12.1. The van der Waals surface area contributed by atoms with E-state index in [4.69, 9.17) is 28.4 Å². The SMILES string of the molecule is O=C1CCC2(CCC(=O)N2c2ccc(Oc3cccc(OCC4CO4)c3)cc2)N1c1ccc(Oc2cccc(OCC3CO3)c2)cc1.